The third-order valence-electron chi connectivity index (χ3n) is 2.72. The van der Waals surface area contributed by atoms with E-state index in [-0.39, 0.29) is 12.1 Å². The van der Waals surface area contributed by atoms with E-state index in [0.29, 0.717) is 11.6 Å². The number of hydrogen-bond donors (Lipinski definition) is 2. The molecule has 0 bridgehead atoms. The van der Waals surface area contributed by atoms with Crippen LogP contribution in [0, 0.1) is 0 Å². The van der Waals surface area contributed by atoms with E-state index in [1.165, 1.54) is 0 Å². The maximum Gasteiger partial charge on any atom is 0.407 e. The first-order chi connectivity index (χ1) is 7.74. The van der Waals surface area contributed by atoms with Gasteiger partial charge in [-0.2, -0.15) is 0 Å². The molecule has 2 N–H and O–H groups in total. The van der Waals surface area contributed by atoms with Gasteiger partial charge in [-0.1, -0.05) is 17.7 Å². The van der Waals surface area contributed by atoms with Gasteiger partial charge in [0, 0.05) is 27.7 Å². The zero-order valence-corrected chi connectivity index (χ0v) is 9.04. The van der Waals surface area contributed by atoms with Crippen molar-refractivity contribution in [2.75, 3.05) is 6.61 Å². The van der Waals surface area contributed by atoms with E-state index < -0.39 is 0 Å². The van der Waals surface area contributed by atoms with Gasteiger partial charge in [0.15, 0.2) is 0 Å². The fraction of sp³-hybridized carbons (Fsp3) is 0.182. The Kier molecular flexibility index (Phi) is 2.04. The van der Waals surface area contributed by atoms with Crippen LogP contribution in [-0.2, 0) is 4.74 Å². The monoisotopic (exact) mass is 236 g/mol. The van der Waals surface area contributed by atoms with E-state index in [4.69, 9.17) is 16.3 Å². The fourth-order valence-electron chi connectivity index (χ4n) is 1.96. The summed E-state index contributed by atoms with van der Waals surface area (Å²) in [5, 5.41) is 4.49. The first kappa shape index (κ1) is 9.54. The van der Waals surface area contributed by atoms with Gasteiger partial charge in [-0.25, -0.2) is 4.79 Å². The van der Waals surface area contributed by atoms with E-state index in [9.17, 15) is 4.79 Å². The van der Waals surface area contributed by atoms with Crippen molar-refractivity contribution in [2.24, 2.45) is 0 Å². The number of alkyl carbamates (subject to hydrolysis) is 1. The normalized spacial score (nSPS) is 19.8. The standard InChI is InChI=1S/C11H9ClN2O2/c12-6-1-2-7-8(4-13-9(7)3-6)10-5-16-11(15)14-10/h1-4,10,13H,5H2,(H,14,15). The number of ether oxygens (including phenoxy) is 1. The molecule has 3 rings (SSSR count). The minimum atomic E-state index is -0.367. The van der Waals surface area contributed by atoms with Gasteiger partial charge in [0.25, 0.3) is 0 Å². The summed E-state index contributed by atoms with van der Waals surface area (Å²) < 4.78 is 4.87. The van der Waals surface area contributed by atoms with Crippen molar-refractivity contribution < 1.29 is 9.53 Å². The van der Waals surface area contributed by atoms with E-state index >= 15 is 0 Å². The minimum Gasteiger partial charge on any atom is -0.447 e. The molecule has 16 heavy (non-hydrogen) atoms. The van der Waals surface area contributed by atoms with Crippen molar-refractivity contribution in [3.8, 4) is 0 Å². The number of nitrogens with one attached hydrogen (secondary N) is 2. The molecule has 0 saturated carbocycles. The lowest BCUT2D eigenvalue weighted by atomic mass is 10.1. The van der Waals surface area contributed by atoms with E-state index in [2.05, 4.69) is 10.3 Å². The minimum absolute atomic E-state index is 0.0811. The van der Waals surface area contributed by atoms with Crippen molar-refractivity contribution in [3.63, 3.8) is 0 Å². The number of benzene rings is 1. The number of rotatable bonds is 1. The highest BCUT2D eigenvalue weighted by atomic mass is 35.5. The molecule has 1 aromatic carbocycles. The van der Waals surface area contributed by atoms with Crippen molar-refractivity contribution in [2.45, 2.75) is 6.04 Å². The van der Waals surface area contributed by atoms with Crippen LogP contribution in [0.3, 0.4) is 0 Å². The Labute approximate surface area is 96.5 Å². The molecule has 0 radical (unpaired) electrons. The summed E-state index contributed by atoms with van der Waals surface area (Å²) >= 11 is 5.90. The highest BCUT2D eigenvalue weighted by Crippen LogP contribution is 2.28. The molecule has 1 unspecified atom stereocenters. The molecule has 1 amide bonds. The third kappa shape index (κ3) is 1.42. The number of cyclic esters (lactones) is 1. The SMILES string of the molecule is O=C1NC(c2c[nH]c3cc(Cl)ccc23)CO1. The molecular weight excluding hydrogens is 228 g/mol. The first-order valence-electron chi connectivity index (χ1n) is 4.94. The van der Waals surface area contributed by atoms with Crippen LogP contribution in [-0.4, -0.2) is 17.7 Å². The molecule has 1 saturated heterocycles. The Morgan fingerprint density at radius 3 is 3.06 bits per heavy atom. The largest absolute Gasteiger partial charge is 0.447 e. The molecule has 1 aromatic heterocycles. The Morgan fingerprint density at radius 1 is 1.44 bits per heavy atom. The highest BCUT2D eigenvalue weighted by molar-refractivity contribution is 6.31. The van der Waals surface area contributed by atoms with Gasteiger partial charge in [0.1, 0.15) is 6.61 Å². The molecule has 0 spiro atoms. The van der Waals surface area contributed by atoms with Gasteiger partial charge in [-0.15, -0.1) is 0 Å². The second-order valence-corrected chi connectivity index (χ2v) is 4.17. The number of carbonyl (C=O) groups is 1. The van der Waals surface area contributed by atoms with Gasteiger partial charge < -0.3 is 15.0 Å². The van der Waals surface area contributed by atoms with E-state index in [0.717, 1.165) is 16.5 Å². The Morgan fingerprint density at radius 2 is 2.31 bits per heavy atom. The molecule has 1 aliphatic heterocycles. The molecule has 2 aromatic rings. The van der Waals surface area contributed by atoms with Crippen LogP contribution < -0.4 is 5.32 Å². The quantitative estimate of drug-likeness (QED) is 0.800. The molecule has 82 valence electrons. The molecule has 5 heteroatoms. The predicted molar refractivity (Wildman–Crippen MR) is 60.5 cm³/mol. The van der Waals surface area contributed by atoms with Gasteiger partial charge >= 0.3 is 6.09 Å². The zero-order valence-electron chi connectivity index (χ0n) is 8.29. The van der Waals surface area contributed by atoms with Crippen LogP contribution in [0.2, 0.25) is 5.02 Å². The molecule has 1 atom stereocenters. The third-order valence-corrected chi connectivity index (χ3v) is 2.96. The van der Waals surface area contributed by atoms with Crippen LogP contribution in [0.5, 0.6) is 0 Å². The summed E-state index contributed by atoms with van der Waals surface area (Å²) in [5.41, 5.74) is 1.99. The number of aromatic nitrogens is 1. The predicted octanol–water partition coefficient (Wildman–Crippen LogP) is 2.60. The summed E-state index contributed by atoms with van der Waals surface area (Å²) in [6.45, 7) is 0.369. The second-order valence-electron chi connectivity index (χ2n) is 3.73. The van der Waals surface area contributed by atoms with Gasteiger partial charge in [0.05, 0.1) is 6.04 Å². The summed E-state index contributed by atoms with van der Waals surface area (Å²) in [7, 11) is 0. The number of halogens is 1. The first-order valence-corrected chi connectivity index (χ1v) is 5.31. The molecule has 2 heterocycles. The zero-order chi connectivity index (χ0) is 11.1. The summed E-state index contributed by atoms with van der Waals surface area (Å²) in [6, 6.07) is 5.55. The number of hydrogen-bond acceptors (Lipinski definition) is 2. The fourth-order valence-corrected chi connectivity index (χ4v) is 2.13. The van der Waals surface area contributed by atoms with E-state index in [1.54, 1.807) is 0 Å². The van der Waals surface area contributed by atoms with Crippen molar-refractivity contribution in [1.82, 2.24) is 10.3 Å². The van der Waals surface area contributed by atoms with E-state index in [1.807, 2.05) is 24.4 Å². The lowest BCUT2D eigenvalue weighted by molar-refractivity contribution is 0.177. The van der Waals surface area contributed by atoms with Gasteiger partial charge in [-0.3, -0.25) is 0 Å². The van der Waals surface area contributed by atoms with Gasteiger partial charge in [-0.05, 0) is 12.1 Å². The maximum absolute atomic E-state index is 11.0. The molecular formula is C11H9ClN2O2. The Balaban J connectivity index is 2.07. The Bertz CT molecular complexity index is 564. The Hall–Kier alpha value is -1.68. The molecule has 1 fully saturated rings. The lowest BCUT2D eigenvalue weighted by Crippen LogP contribution is -2.17. The second kappa shape index (κ2) is 3.42. The van der Waals surface area contributed by atoms with Gasteiger partial charge in [0.2, 0.25) is 0 Å². The lowest BCUT2D eigenvalue weighted by Gasteiger charge is -2.05. The molecule has 4 nitrogen and oxygen atoms in total. The molecule has 0 aliphatic carbocycles. The van der Waals surface area contributed by atoms with Crippen molar-refractivity contribution in [1.29, 1.82) is 0 Å². The average molecular weight is 237 g/mol. The maximum atomic E-state index is 11.0. The average Bonchev–Trinajstić information content (AvgIpc) is 2.83. The van der Waals surface area contributed by atoms with Crippen molar-refractivity contribution in [3.05, 3.63) is 35.0 Å². The van der Waals surface area contributed by atoms with Crippen LogP contribution >= 0.6 is 11.6 Å². The number of carbonyl (C=O) groups excluding carboxylic acids is 1. The van der Waals surface area contributed by atoms with Crippen LogP contribution in [0.25, 0.3) is 10.9 Å². The topological polar surface area (TPSA) is 54.1 Å². The number of H-pyrrole nitrogens is 1. The van der Waals surface area contributed by atoms with Crippen molar-refractivity contribution >= 4 is 28.6 Å². The molecule has 1 aliphatic rings. The number of fused-ring (bicyclic) bond motifs is 1. The van der Waals surface area contributed by atoms with Crippen LogP contribution in [0.4, 0.5) is 4.79 Å². The van der Waals surface area contributed by atoms with Crippen LogP contribution in [0.15, 0.2) is 24.4 Å². The summed E-state index contributed by atoms with van der Waals surface area (Å²) in [4.78, 5) is 14.1. The number of aromatic amines is 1. The smallest absolute Gasteiger partial charge is 0.407 e. The summed E-state index contributed by atoms with van der Waals surface area (Å²) in [6.07, 6.45) is 1.51. The highest BCUT2D eigenvalue weighted by Gasteiger charge is 2.25. The summed E-state index contributed by atoms with van der Waals surface area (Å²) in [5.74, 6) is 0. The van der Waals surface area contributed by atoms with Crippen LogP contribution in [0.1, 0.15) is 11.6 Å². The number of amides is 1.